The standard InChI is InChI=1S/C15H20BrF2NO2.ClH/c1-10-4-2-3-5-19(10)8-12(20)9-21-15-13(17)6-11(16)7-14(15)18;/h6-7,10,12,20H,2-5,8-9H2,1H3;1H/p-1. The van der Waals surface area contributed by atoms with Crippen LogP contribution in [0.15, 0.2) is 16.6 Å². The summed E-state index contributed by atoms with van der Waals surface area (Å²) in [5.74, 6) is -2.00. The molecular formula is C15H20BrClF2NO2-. The van der Waals surface area contributed by atoms with Crippen molar-refractivity contribution in [3.8, 4) is 5.75 Å². The molecule has 2 unspecified atom stereocenters. The number of likely N-dealkylation sites (tertiary alicyclic amines) is 1. The van der Waals surface area contributed by atoms with Crippen molar-refractivity contribution in [2.45, 2.75) is 38.3 Å². The van der Waals surface area contributed by atoms with Gasteiger partial charge in [0, 0.05) is 17.1 Å². The predicted octanol–water partition coefficient (Wildman–Crippen LogP) is 0.345. The van der Waals surface area contributed by atoms with Gasteiger partial charge in [0.1, 0.15) is 12.7 Å². The van der Waals surface area contributed by atoms with Gasteiger partial charge in [-0.1, -0.05) is 22.4 Å². The molecule has 3 nitrogen and oxygen atoms in total. The van der Waals surface area contributed by atoms with Crippen molar-refractivity contribution >= 4 is 15.9 Å². The Bertz CT molecular complexity index is 470. The molecule has 126 valence electrons. The van der Waals surface area contributed by atoms with E-state index in [1.807, 2.05) is 0 Å². The lowest BCUT2D eigenvalue weighted by atomic mass is 10.0. The molecule has 7 heteroatoms. The fraction of sp³-hybridized carbons (Fsp3) is 0.600. The highest BCUT2D eigenvalue weighted by molar-refractivity contribution is 9.10. The minimum Gasteiger partial charge on any atom is -1.00 e. The molecule has 1 aromatic carbocycles. The van der Waals surface area contributed by atoms with Crippen LogP contribution in [0.1, 0.15) is 26.2 Å². The largest absolute Gasteiger partial charge is 1.00 e. The van der Waals surface area contributed by atoms with Crippen molar-refractivity contribution < 1.29 is 31.0 Å². The number of hydrogen-bond acceptors (Lipinski definition) is 3. The number of hydrogen-bond donors (Lipinski definition) is 1. The van der Waals surface area contributed by atoms with Gasteiger partial charge in [-0.25, -0.2) is 8.78 Å². The van der Waals surface area contributed by atoms with Crippen LogP contribution in [0.25, 0.3) is 0 Å². The Kier molecular flexibility index (Phi) is 8.03. The molecule has 22 heavy (non-hydrogen) atoms. The fourth-order valence-electron chi connectivity index (χ4n) is 2.60. The first-order valence-corrected chi connectivity index (χ1v) is 7.96. The number of benzene rings is 1. The molecule has 1 aliphatic rings. The third-order valence-corrected chi connectivity index (χ3v) is 4.23. The van der Waals surface area contributed by atoms with E-state index in [0.717, 1.165) is 31.5 Å². The number of aliphatic hydroxyl groups is 1. The van der Waals surface area contributed by atoms with Gasteiger partial charge >= 0.3 is 0 Å². The molecule has 1 aromatic rings. The highest BCUT2D eigenvalue weighted by atomic mass is 79.9. The van der Waals surface area contributed by atoms with E-state index in [4.69, 9.17) is 4.74 Å². The number of nitrogens with zero attached hydrogens (tertiary/aromatic N) is 1. The molecule has 0 spiro atoms. The highest BCUT2D eigenvalue weighted by Gasteiger charge is 2.21. The van der Waals surface area contributed by atoms with Crippen molar-refractivity contribution in [3.63, 3.8) is 0 Å². The molecule has 1 fully saturated rings. The highest BCUT2D eigenvalue weighted by Crippen LogP contribution is 2.26. The lowest BCUT2D eigenvalue weighted by Gasteiger charge is -2.34. The predicted molar refractivity (Wildman–Crippen MR) is 80.4 cm³/mol. The maximum atomic E-state index is 13.6. The first-order valence-electron chi connectivity index (χ1n) is 7.17. The monoisotopic (exact) mass is 398 g/mol. The Morgan fingerprint density at radius 1 is 1.36 bits per heavy atom. The summed E-state index contributed by atoms with van der Waals surface area (Å²) < 4.78 is 32.6. The van der Waals surface area contributed by atoms with Gasteiger partial charge in [-0.05, 0) is 38.4 Å². The van der Waals surface area contributed by atoms with E-state index in [0.29, 0.717) is 17.1 Å². The van der Waals surface area contributed by atoms with Gasteiger partial charge in [0.15, 0.2) is 17.4 Å². The van der Waals surface area contributed by atoms with Crippen LogP contribution in [-0.4, -0.2) is 41.8 Å². The number of rotatable bonds is 5. The molecule has 0 radical (unpaired) electrons. The van der Waals surface area contributed by atoms with Crippen molar-refractivity contribution in [1.82, 2.24) is 4.90 Å². The van der Waals surface area contributed by atoms with Crippen LogP contribution in [0.5, 0.6) is 5.75 Å². The first-order chi connectivity index (χ1) is 9.97. The van der Waals surface area contributed by atoms with Gasteiger partial charge in [-0.3, -0.25) is 4.90 Å². The lowest BCUT2D eigenvalue weighted by Crippen LogP contribution is -3.00. The van der Waals surface area contributed by atoms with Crippen LogP contribution in [0.3, 0.4) is 0 Å². The third kappa shape index (κ3) is 5.33. The van der Waals surface area contributed by atoms with E-state index >= 15 is 0 Å². The van der Waals surface area contributed by atoms with E-state index in [2.05, 4.69) is 27.8 Å². The summed E-state index contributed by atoms with van der Waals surface area (Å²) in [4.78, 5) is 2.19. The van der Waals surface area contributed by atoms with E-state index < -0.39 is 23.5 Å². The maximum absolute atomic E-state index is 13.6. The van der Waals surface area contributed by atoms with Crippen molar-refractivity contribution in [1.29, 1.82) is 0 Å². The second-order valence-corrected chi connectivity index (χ2v) is 6.42. The second-order valence-electron chi connectivity index (χ2n) is 5.50. The molecule has 2 atom stereocenters. The summed E-state index contributed by atoms with van der Waals surface area (Å²) in [5, 5.41) is 10.00. The Morgan fingerprint density at radius 3 is 2.59 bits per heavy atom. The van der Waals surface area contributed by atoms with Gasteiger partial charge in [0.25, 0.3) is 0 Å². The molecule has 0 amide bonds. The van der Waals surface area contributed by atoms with Crippen LogP contribution in [0, 0.1) is 11.6 Å². The van der Waals surface area contributed by atoms with E-state index in [1.165, 1.54) is 6.42 Å². The Balaban J connectivity index is 0.00000242. The zero-order chi connectivity index (χ0) is 15.4. The summed E-state index contributed by atoms with van der Waals surface area (Å²) >= 11 is 3.01. The fourth-order valence-corrected chi connectivity index (χ4v) is 3.00. The smallest absolute Gasteiger partial charge is 0.190 e. The van der Waals surface area contributed by atoms with Gasteiger partial charge in [0.05, 0.1) is 0 Å². The summed E-state index contributed by atoms with van der Waals surface area (Å²) in [5.41, 5.74) is 0. The minimum absolute atomic E-state index is 0. The number of aliphatic hydroxyl groups excluding tert-OH is 1. The van der Waals surface area contributed by atoms with Crippen molar-refractivity contribution in [2.24, 2.45) is 0 Å². The van der Waals surface area contributed by atoms with Crippen LogP contribution < -0.4 is 17.1 Å². The van der Waals surface area contributed by atoms with Crippen LogP contribution in [0.4, 0.5) is 8.78 Å². The molecule has 0 aromatic heterocycles. The summed E-state index contributed by atoms with van der Waals surface area (Å²) in [6.07, 6.45) is 2.67. The van der Waals surface area contributed by atoms with Crippen LogP contribution >= 0.6 is 15.9 Å². The maximum Gasteiger partial charge on any atom is 0.190 e. The van der Waals surface area contributed by atoms with Crippen LogP contribution in [0.2, 0.25) is 0 Å². The Morgan fingerprint density at radius 2 is 2.00 bits per heavy atom. The average molecular weight is 400 g/mol. The average Bonchev–Trinajstić information content (AvgIpc) is 2.40. The quantitative estimate of drug-likeness (QED) is 0.775. The molecule has 0 bridgehead atoms. The van der Waals surface area contributed by atoms with Gasteiger partial charge in [-0.2, -0.15) is 0 Å². The zero-order valence-electron chi connectivity index (χ0n) is 12.4. The first kappa shape index (κ1) is 19.6. The summed E-state index contributed by atoms with van der Waals surface area (Å²) in [6.45, 7) is 3.40. The topological polar surface area (TPSA) is 32.7 Å². The number of piperidine rings is 1. The zero-order valence-corrected chi connectivity index (χ0v) is 14.7. The molecule has 0 aliphatic carbocycles. The minimum atomic E-state index is -0.777. The summed E-state index contributed by atoms with van der Waals surface area (Å²) in [7, 11) is 0. The van der Waals surface area contributed by atoms with E-state index in [9.17, 15) is 13.9 Å². The van der Waals surface area contributed by atoms with Gasteiger partial charge < -0.3 is 22.3 Å². The van der Waals surface area contributed by atoms with Crippen LogP contribution in [-0.2, 0) is 0 Å². The number of ether oxygens (including phenoxy) is 1. The third-order valence-electron chi connectivity index (χ3n) is 3.77. The molecule has 1 saturated heterocycles. The molecule has 1 aliphatic heterocycles. The summed E-state index contributed by atoms with van der Waals surface area (Å²) in [6, 6.07) is 2.70. The SMILES string of the molecule is CC1CCCCN1CC(O)COc1c(F)cc(Br)cc1F.[Cl-]. The normalized spacial score (nSPS) is 20.3. The number of halogens is 4. The second kappa shape index (κ2) is 9.01. The Hall–Kier alpha value is -0.430. The van der Waals surface area contributed by atoms with Crippen molar-refractivity contribution in [3.05, 3.63) is 28.2 Å². The van der Waals surface area contributed by atoms with E-state index in [1.54, 1.807) is 0 Å². The molecule has 0 saturated carbocycles. The van der Waals surface area contributed by atoms with Gasteiger partial charge in [-0.15, -0.1) is 0 Å². The molecule has 1 N–H and O–H groups in total. The molecule has 1 heterocycles. The van der Waals surface area contributed by atoms with E-state index in [-0.39, 0.29) is 19.0 Å². The van der Waals surface area contributed by atoms with Gasteiger partial charge in [0.2, 0.25) is 0 Å². The Labute approximate surface area is 144 Å². The molecular weight excluding hydrogens is 380 g/mol. The number of β-amino-alcohol motifs (C(OH)–C–C–N with tert-alkyl or cyclic N) is 1. The van der Waals surface area contributed by atoms with Crippen molar-refractivity contribution in [2.75, 3.05) is 19.7 Å². The lowest BCUT2D eigenvalue weighted by molar-refractivity contribution is -0.00000791. The molecule has 2 rings (SSSR count).